The first-order valence-corrected chi connectivity index (χ1v) is 9.04. The zero-order valence-electron chi connectivity index (χ0n) is 12.9. The Balaban J connectivity index is 1.45. The van der Waals surface area contributed by atoms with Gasteiger partial charge in [-0.25, -0.2) is 0 Å². The molecule has 0 aromatic heterocycles. The van der Waals surface area contributed by atoms with Crippen molar-refractivity contribution in [2.45, 2.75) is 37.5 Å². The van der Waals surface area contributed by atoms with Crippen LogP contribution in [0.2, 0.25) is 0 Å². The number of carbonyl (C=O) groups is 2. The number of carboxylic acid groups (broad SMARTS) is 1. The molecule has 1 spiro atoms. The van der Waals surface area contributed by atoms with Crippen LogP contribution in [-0.4, -0.2) is 35.0 Å². The number of carboxylic acids is 1. The molecule has 4 nitrogen and oxygen atoms in total. The third kappa shape index (κ3) is 2.40. The van der Waals surface area contributed by atoms with Crippen LogP contribution in [0.3, 0.4) is 0 Å². The topological polar surface area (TPSA) is 57.6 Å². The van der Waals surface area contributed by atoms with Gasteiger partial charge in [-0.05, 0) is 55.2 Å². The van der Waals surface area contributed by atoms with Crippen molar-refractivity contribution in [3.8, 4) is 0 Å². The molecule has 5 heteroatoms. The van der Waals surface area contributed by atoms with Gasteiger partial charge >= 0.3 is 5.97 Å². The Labute approximate surface area is 144 Å². The second-order valence-electron chi connectivity index (χ2n) is 7.34. The molecule has 3 fully saturated rings. The standard InChI is InChI=1S/C18H20BrNO3/c19-13-3-1-12(2-4-13)18(5-6-18)16(23)20-9-7-17(8-10-20)11-14(17)15(21)22/h1-4,14H,5-11H2,(H,21,22). The Morgan fingerprint density at radius 3 is 2.17 bits per heavy atom. The van der Waals surface area contributed by atoms with Crippen molar-refractivity contribution >= 4 is 27.8 Å². The van der Waals surface area contributed by atoms with E-state index in [0.29, 0.717) is 13.1 Å². The first-order chi connectivity index (χ1) is 11.0. The monoisotopic (exact) mass is 377 g/mol. The maximum absolute atomic E-state index is 13.0. The highest BCUT2D eigenvalue weighted by Gasteiger charge is 2.60. The van der Waals surface area contributed by atoms with Crippen LogP contribution in [0.15, 0.2) is 28.7 Å². The lowest BCUT2D eigenvalue weighted by molar-refractivity contribution is -0.140. The van der Waals surface area contributed by atoms with Crippen LogP contribution in [0.5, 0.6) is 0 Å². The van der Waals surface area contributed by atoms with Crippen LogP contribution in [0.4, 0.5) is 0 Å². The fraction of sp³-hybridized carbons (Fsp3) is 0.556. The number of rotatable bonds is 3. The van der Waals surface area contributed by atoms with Gasteiger partial charge in [-0.2, -0.15) is 0 Å². The molecule has 4 rings (SSSR count). The van der Waals surface area contributed by atoms with Gasteiger partial charge in [-0.3, -0.25) is 9.59 Å². The molecular weight excluding hydrogens is 358 g/mol. The molecule has 1 aliphatic heterocycles. The lowest BCUT2D eigenvalue weighted by atomic mass is 9.88. The molecule has 2 saturated carbocycles. The summed E-state index contributed by atoms with van der Waals surface area (Å²) in [6, 6.07) is 8.08. The zero-order valence-corrected chi connectivity index (χ0v) is 14.5. The van der Waals surface area contributed by atoms with Crippen LogP contribution < -0.4 is 0 Å². The van der Waals surface area contributed by atoms with E-state index in [0.717, 1.165) is 42.1 Å². The predicted molar refractivity (Wildman–Crippen MR) is 89.0 cm³/mol. The smallest absolute Gasteiger partial charge is 0.307 e. The highest BCUT2D eigenvalue weighted by atomic mass is 79.9. The predicted octanol–water partition coefficient (Wildman–Crippen LogP) is 3.19. The molecule has 2 aliphatic carbocycles. The van der Waals surface area contributed by atoms with Gasteiger partial charge in [-0.1, -0.05) is 28.1 Å². The first kappa shape index (κ1) is 15.2. The number of piperidine rings is 1. The minimum absolute atomic E-state index is 0.0169. The summed E-state index contributed by atoms with van der Waals surface area (Å²) >= 11 is 3.44. The highest BCUT2D eigenvalue weighted by molar-refractivity contribution is 9.10. The molecule has 3 aliphatic rings. The van der Waals surface area contributed by atoms with Gasteiger partial charge in [0.05, 0.1) is 11.3 Å². The molecule has 1 aromatic rings. The normalized spacial score (nSPS) is 26.8. The summed E-state index contributed by atoms with van der Waals surface area (Å²) < 4.78 is 1.03. The van der Waals surface area contributed by atoms with Gasteiger partial charge in [0.2, 0.25) is 5.91 Å². The molecule has 23 heavy (non-hydrogen) atoms. The van der Waals surface area contributed by atoms with Crippen LogP contribution >= 0.6 is 15.9 Å². The Kier molecular flexibility index (Phi) is 3.34. The minimum atomic E-state index is -0.668. The zero-order chi connectivity index (χ0) is 16.2. The number of benzene rings is 1. The fourth-order valence-corrected chi connectivity index (χ4v) is 4.49. The van der Waals surface area contributed by atoms with Crippen LogP contribution in [0.25, 0.3) is 0 Å². The summed E-state index contributed by atoms with van der Waals surface area (Å²) in [5.41, 5.74) is 0.776. The second-order valence-corrected chi connectivity index (χ2v) is 8.25. The third-order valence-electron chi connectivity index (χ3n) is 6.09. The highest BCUT2D eigenvalue weighted by Crippen LogP contribution is 2.60. The number of carbonyl (C=O) groups excluding carboxylic acids is 1. The summed E-state index contributed by atoms with van der Waals surface area (Å²) in [6.07, 6.45) is 4.32. The average molecular weight is 378 g/mol. The van der Waals surface area contributed by atoms with Crippen molar-refractivity contribution in [2.75, 3.05) is 13.1 Å². The van der Waals surface area contributed by atoms with Gasteiger partial charge in [0.1, 0.15) is 0 Å². The molecule has 1 amide bonds. The van der Waals surface area contributed by atoms with Crippen molar-refractivity contribution < 1.29 is 14.7 Å². The van der Waals surface area contributed by atoms with Crippen LogP contribution in [-0.2, 0) is 15.0 Å². The van der Waals surface area contributed by atoms with Gasteiger partial charge < -0.3 is 10.0 Å². The van der Waals surface area contributed by atoms with Crippen LogP contribution in [0, 0.1) is 11.3 Å². The Bertz CT molecular complexity index is 657. The summed E-state index contributed by atoms with van der Waals surface area (Å²) in [5.74, 6) is -0.610. The summed E-state index contributed by atoms with van der Waals surface area (Å²) in [6.45, 7) is 1.42. The van der Waals surface area contributed by atoms with Crippen molar-refractivity contribution in [2.24, 2.45) is 11.3 Å². The summed E-state index contributed by atoms with van der Waals surface area (Å²) in [7, 11) is 0. The third-order valence-corrected chi connectivity index (χ3v) is 6.62. The first-order valence-electron chi connectivity index (χ1n) is 8.25. The molecule has 1 N–H and O–H groups in total. The van der Waals surface area contributed by atoms with Gasteiger partial charge in [0, 0.05) is 17.6 Å². The largest absolute Gasteiger partial charge is 0.481 e. The van der Waals surface area contributed by atoms with Crippen molar-refractivity contribution in [1.82, 2.24) is 4.90 Å². The van der Waals surface area contributed by atoms with E-state index in [-0.39, 0.29) is 22.7 Å². The number of aliphatic carboxylic acids is 1. The second kappa shape index (κ2) is 5.07. The number of hydrogen-bond donors (Lipinski definition) is 1. The van der Waals surface area contributed by atoms with Crippen molar-refractivity contribution in [3.63, 3.8) is 0 Å². The van der Waals surface area contributed by atoms with E-state index in [2.05, 4.69) is 15.9 Å². The lowest BCUT2D eigenvalue weighted by Crippen LogP contribution is -2.45. The van der Waals surface area contributed by atoms with E-state index in [1.165, 1.54) is 0 Å². The molecule has 1 aromatic carbocycles. The van der Waals surface area contributed by atoms with E-state index >= 15 is 0 Å². The molecule has 1 atom stereocenters. The van der Waals surface area contributed by atoms with E-state index in [1.807, 2.05) is 29.2 Å². The van der Waals surface area contributed by atoms with E-state index in [9.17, 15) is 14.7 Å². The molecule has 0 bridgehead atoms. The maximum atomic E-state index is 13.0. The van der Waals surface area contributed by atoms with Gasteiger partial charge in [0.25, 0.3) is 0 Å². The van der Waals surface area contributed by atoms with Crippen molar-refractivity contribution in [3.05, 3.63) is 34.3 Å². The Hall–Kier alpha value is -1.36. The fourth-order valence-electron chi connectivity index (χ4n) is 4.23. The van der Waals surface area contributed by atoms with Gasteiger partial charge in [-0.15, -0.1) is 0 Å². The molecule has 122 valence electrons. The number of amides is 1. The minimum Gasteiger partial charge on any atom is -0.481 e. The molecule has 1 heterocycles. The molecular formula is C18H20BrNO3. The Morgan fingerprint density at radius 1 is 1.09 bits per heavy atom. The molecule has 1 unspecified atom stereocenters. The van der Waals surface area contributed by atoms with Crippen LogP contribution in [0.1, 0.15) is 37.7 Å². The SMILES string of the molecule is O=C(O)C1CC12CCN(C(=O)C1(c3ccc(Br)cc3)CC1)CC2. The number of hydrogen-bond acceptors (Lipinski definition) is 2. The number of likely N-dealkylation sites (tertiary alicyclic amines) is 1. The summed E-state index contributed by atoms with van der Waals surface area (Å²) in [4.78, 5) is 26.1. The average Bonchev–Trinajstić information content (AvgIpc) is 3.44. The maximum Gasteiger partial charge on any atom is 0.307 e. The van der Waals surface area contributed by atoms with E-state index in [1.54, 1.807) is 0 Å². The van der Waals surface area contributed by atoms with Crippen molar-refractivity contribution in [1.29, 1.82) is 0 Å². The summed E-state index contributed by atoms with van der Waals surface area (Å²) in [5, 5.41) is 9.17. The number of nitrogens with zero attached hydrogens (tertiary/aromatic N) is 1. The molecule has 0 radical (unpaired) electrons. The van der Waals surface area contributed by atoms with E-state index in [4.69, 9.17) is 0 Å². The van der Waals surface area contributed by atoms with Gasteiger partial charge in [0.15, 0.2) is 0 Å². The molecule has 1 saturated heterocycles. The lowest BCUT2D eigenvalue weighted by Gasteiger charge is -2.35. The number of halogens is 1. The Morgan fingerprint density at radius 2 is 1.70 bits per heavy atom. The quantitative estimate of drug-likeness (QED) is 0.879. The van der Waals surface area contributed by atoms with E-state index < -0.39 is 5.97 Å².